The van der Waals surface area contributed by atoms with E-state index in [1.807, 2.05) is 49.4 Å². The van der Waals surface area contributed by atoms with E-state index in [2.05, 4.69) is 5.32 Å². The Morgan fingerprint density at radius 3 is 2.34 bits per heavy atom. The van der Waals surface area contributed by atoms with Gasteiger partial charge in [0.15, 0.2) is 5.43 Å². The fourth-order valence-corrected chi connectivity index (χ4v) is 3.37. The quantitative estimate of drug-likeness (QED) is 0.445. The van der Waals surface area contributed by atoms with E-state index >= 15 is 0 Å². The Morgan fingerprint density at radius 2 is 1.69 bits per heavy atom. The van der Waals surface area contributed by atoms with E-state index in [4.69, 9.17) is 18.7 Å². The van der Waals surface area contributed by atoms with E-state index < -0.39 is 6.09 Å². The highest BCUT2D eigenvalue weighted by Gasteiger charge is 2.17. The van der Waals surface area contributed by atoms with Crippen molar-refractivity contribution in [2.75, 3.05) is 5.32 Å². The van der Waals surface area contributed by atoms with Gasteiger partial charge in [-0.3, -0.25) is 10.1 Å². The first kappa shape index (κ1) is 22.5. The molecule has 0 fully saturated rings. The molecule has 32 heavy (non-hydrogen) atoms. The van der Waals surface area contributed by atoms with Crippen LogP contribution in [0.3, 0.4) is 0 Å². The predicted molar refractivity (Wildman–Crippen MR) is 120 cm³/mol. The van der Waals surface area contributed by atoms with Gasteiger partial charge in [-0.2, -0.15) is 9.59 Å². The molecule has 162 valence electrons. The number of rotatable bonds is 3. The van der Waals surface area contributed by atoms with E-state index in [1.165, 1.54) is 6.07 Å². The number of amides is 1. The molecule has 2 aliphatic rings. The van der Waals surface area contributed by atoms with Crippen molar-refractivity contribution < 1.29 is 23.5 Å². The highest BCUT2D eigenvalue weighted by Crippen LogP contribution is 2.40. The number of hydrogen-bond donors (Lipinski definition) is 1. The van der Waals surface area contributed by atoms with Crippen LogP contribution >= 0.6 is 0 Å². The summed E-state index contributed by atoms with van der Waals surface area (Å²) in [6.07, 6.45) is -0.421. The summed E-state index contributed by atoms with van der Waals surface area (Å²) < 4.78 is 11.1. The summed E-state index contributed by atoms with van der Waals surface area (Å²) in [6, 6.07) is 18.4. The number of aryl methyl sites for hydroxylation is 1. The van der Waals surface area contributed by atoms with Crippen LogP contribution in [0.25, 0.3) is 33.4 Å². The maximum absolute atomic E-state index is 11.8. The average molecular weight is 431 g/mol. The van der Waals surface area contributed by atoms with Crippen LogP contribution in [0.1, 0.15) is 19.4 Å². The minimum absolute atomic E-state index is 0.0950. The van der Waals surface area contributed by atoms with Crippen molar-refractivity contribution in [3.8, 4) is 22.5 Å². The molecule has 0 aromatic heterocycles. The number of nitrogens with one attached hydrogen (secondary N) is 1. The van der Waals surface area contributed by atoms with Crippen LogP contribution in [0.2, 0.25) is 0 Å². The maximum atomic E-state index is 11.8. The van der Waals surface area contributed by atoms with Crippen molar-refractivity contribution in [2.45, 2.75) is 26.9 Å². The van der Waals surface area contributed by atoms with Gasteiger partial charge in [0.25, 0.3) is 0 Å². The van der Waals surface area contributed by atoms with Crippen LogP contribution in [0.4, 0.5) is 10.5 Å². The van der Waals surface area contributed by atoms with Gasteiger partial charge in [-0.05, 0) is 62.2 Å². The molecule has 7 nitrogen and oxygen atoms in total. The molecule has 0 spiro atoms. The van der Waals surface area contributed by atoms with Crippen molar-refractivity contribution in [1.29, 1.82) is 0 Å². The van der Waals surface area contributed by atoms with Crippen LogP contribution in [-0.4, -0.2) is 18.3 Å². The lowest BCUT2D eigenvalue weighted by Gasteiger charge is -2.16. The van der Waals surface area contributed by atoms with Gasteiger partial charge in [0.1, 0.15) is 11.3 Å². The van der Waals surface area contributed by atoms with E-state index in [0.29, 0.717) is 11.4 Å². The number of benzene rings is 3. The number of carbonyl (C=O) groups excluding carboxylic acids is 3. The Labute approximate surface area is 184 Å². The Bertz CT molecular complexity index is 1310. The summed E-state index contributed by atoms with van der Waals surface area (Å²) in [4.78, 5) is 39.9. The lowest BCUT2D eigenvalue weighted by molar-refractivity contribution is -0.191. The van der Waals surface area contributed by atoms with Gasteiger partial charge < -0.3 is 9.15 Å². The molecule has 0 bridgehead atoms. The molecule has 0 atom stereocenters. The first-order chi connectivity index (χ1) is 15.3. The lowest BCUT2D eigenvalue weighted by atomic mass is 9.93. The second-order valence-electron chi connectivity index (χ2n) is 7.37. The molecule has 2 aromatic carbocycles. The van der Waals surface area contributed by atoms with Crippen LogP contribution < -0.4 is 10.7 Å². The second kappa shape index (κ2) is 9.73. The third-order valence-corrected chi connectivity index (χ3v) is 4.61. The molecule has 7 heteroatoms. The first-order valence-corrected chi connectivity index (χ1v) is 9.87. The zero-order chi connectivity index (χ0) is 23.3. The number of hydrogen-bond acceptors (Lipinski definition) is 6. The molecule has 1 amide bonds. The third kappa shape index (κ3) is 5.09. The summed E-state index contributed by atoms with van der Waals surface area (Å²) in [5.74, 6) is 0.549. The van der Waals surface area contributed by atoms with Crippen molar-refractivity contribution in [3.63, 3.8) is 0 Å². The molecule has 2 aromatic rings. The average Bonchev–Trinajstić information content (AvgIpc) is 2.72. The van der Waals surface area contributed by atoms with Gasteiger partial charge in [-0.25, -0.2) is 4.79 Å². The minimum Gasteiger partial charge on any atom is -0.456 e. The Morgan fingerprint density at radius 1 is 1.00 bits per heavy atom. The third-order valence-electron chi connectivity index (χ3n) is 4.61. The predicted octanol–water partition coefficient (Wildman–Crippen LogP) is 5.25. The summed E-state index contributed by atoms with van der Waals surface area (Å²) in [6.45, 7) is 5.60. The Kier molecular flexibility index (Phi) is 6.83. The highest BCUT2D eigenvalue weighted by molar-refractivity contribution is 6.02. The smallest absolute Gasteiger partial charge is 0.411 e. The molecule has 4 rings (SSSR count). The van der Waals surface area contributed by atoms with Crippen LogP contribution in [0.5, 0.6) is 0 Å². The van der Waals surface area contributed by atoms with Gasteiger partial charge in [0.05, 0.1) is 6.10 Å². The zero-order valence-corrected chi connectivity index (χ0v) is 17.8. The summed E-state index contributed by atoms with van der Waals surface area (Å²) >= 11 is 0. The van der Waals surface area contributed by atoms with Crippen molar-refractivity contribution in [3.05, 3.63) is 76.5 Å². The van der Waals surface area contributed by atoms with Crippen LogP contribution in [0.15, 0.2) is 69.9 Å². The Balaban J connectivity index is 0.000000913. The van der Waals surface area contributed by atoms with Crippen molar-refractivity contribution >= 4 is 28.9 Å². The molecule has 0 saturated heterocycles. The molecular weight excluding hydrogens is 410 g/mol. The first-order valence-electron chi connectivity index (χ1n) is 9.87. The van der Waals surface area contributed by atoms with Gasteiger partial charge in [0, 0.05) is 28.3 Å². The normalized spacial score (nSPS) is 10.4. The SMILES string of the molecule is Cc1ccc2c(-c3ccc(NC(=O)OC(C)C)cc3)c3ccc(=O)cc-3oc2c1.O=C=O. The topological polar surface area (TPSA) is 103 Å². The second-order valence-corrected chi connectivity index (χ2v) is 7.37. The summed E-state index contributed by atoms with van der Waals surface area (Å²) in [7, 11) is 0. The lowest BCUT2D eigenvalue weighted by Crippen LogP contribution is -2.17. The number of anilines is 1. The van der Waals surface area contributed by atoms with Gasteiger partial charge in [-0.1, -0.05) is 24.3 Å². The van der Waals surface area contributed by atoms with Crippen LogP contribution in [0, 0.1) is 6.92 Å². The fraction of sp³-hybridized carbons (Fsp3) is 0.160. The van der Waals surface area contributed by atoms with E-state index in [-0.39, 0.29) is 17.7 Å². The van der Waals surface area contributed by atoms with Crippen molar-refractivity contribution in [1.82, 2.24) is 0 Å². The fourth-order valence-electron chi connectivity index (χ4n) is 3.37. The minimum atomic E-state index is -0.486. The monoisotopic (exact) mass is 431 g/mol. The summed E-state index contributed by atoms with van der Waals surface area (Å²) in [5.41, 5.74) is 5.15. The van der Waals surface area contributed by atoms with E-state index in [1.54, 1.807) is 26.0 Å². The molecular formula is C25H21NO6. The van der Waals surface area contributed by atoms with Crippen LogP contribution in [-0.2, 0) is 14.3 Å². The number of ether oxygens (including phenoxy) is 1. The van der Waals surface area contributed by atoms with E-state index in [9.17, 15) is 9.59 Å². The Hall–Kier alpha value is -4.22. The van der Waals surface area contributed by atoms with Crippen molar-refractivity contribution in [2.24, 2.45) is 0 Å². The van der Waals surface area contributed by atoms with E-state index in [0.717, 1.165) is 33.2 Å². The molecule has 1 heterocycles. The summed E-state index contributed by atoms with van der Waals surface area (Å²) in [5, 5.41) is 3.68. The number of carbonyl (C=O) groups is 1. The van der Waals surface area contributed by atoms with Gasteiger partial charge >= 0.3 is 12.2 Å². The zero-order valence-electron chi connectivity index (χ0n) is 17.8. The molecule has 0 unspecified atom stereocenters. The molecule has 1 aliphatic heterocycles. The highest BCUT2D eigenvalue weighted by atomic mass is 16.6. The molecule has 0 radical (unpaired) electrons. The largest absolute Gasteiger partial charge is 0.456 e. The van der Waals surface area contributed by atoms with Gasteiger partial charge in [-0.15, -0.1) is 0 Å². The molecule has 1 aliphatic carbocycles. The standard InChI is InChI=1S/C24H21NO4.CO2/c1-14(2)28-24(27)25-17-7-5-16(6-8-17)23-19-10-4-15(3)12-21(19)29-22-13-18(26)9-11-20(22)23;2-1-3/h4-14H,1-3H3,(H,25,27);. The maximum Gasteiger partial charge on any atom is 0.411 e. The van der Waals surface area contributed by atoms with Gasteiger partial charge in [0.2, 0.25) is 0 Å². The molecule has 1 N–H and O–H groups in total. The molecule has 0 saturated carbocycles. The number of fused-ring (bicyclic) bond motifs is 2.